The van der Waals surface area contributed by atoms with Crippen molar-refractivity contribution in [3.05, 3.63) is 284 Å². The zero-order valence-electron chi connectivity index (χ0n) is 45.7. The molecule has 0 fully saturated rings. The summed E-state index contributed by atoms with van der Waals surface area (Å²) in [5.74, 6) is 1.85. The van der Waals surface area contributed by atoms with Crippen molar-refractivity contribution in [2.24, 2.45) is 0 Å². The summed E-state index contributed by atoms with van der Waals surface area (Å²) in [4.78, 5) is 27.6. The molecule has 0 saturated heterocycles. The van der Waals surface area contributed by atoms with E-state index in [0.717, 1.165) is 106 Å². The van der Waals surface area contributed by atoms with Crippen LogP contribution in [-0.4, -0.2) is 67.5 Å². The Morgan fingerprint density at radius 3 is 0.837 bits per heavy atom. The average molecular weight is 1180 g/mol. The SMILES string of the molecule is Brc1ccc(-c2cc(-c3ccccn3)nc(-c3ccccn3)c2)cc1.OB(O)c1ccc(-c2nnc(-c3ccccc3)o2)cc1.c1ccc(-c2nnc(-c3ccc(-c4ccc(-c5cc(-c6ccccn6)nc(-c6ccccn6)c5)cc4)cc3)o2)cc1. The van der Waals surface area contributed by atoms with Gasteiger partial charge in [-0.05, 0) is 172 Å². The Kier molecular flexibility index (Phi) is 17.1. The molecule has 2 N–H and O–H groups in total. The largest absolute Gasteiger partial charge is 0.488 e. The van der Waals surface area contributed by atoms with Crippen LogP contribution in [0, 0.1) is 0 Å². The molecule has 0 radical (unpaired) electrons. The lowest BCUT2D eigenvalue weighted by Crippen LogP contribution is -2.29. The summed E-state index contributed by atoms with van der Waals surface area (Å²) in [6.07, 6.45) is 7.13. The van der Waals surface area contributed by atoms with Crippen LogP contribution in [0.25, 0.3) is 125 Å². The van der Waals surface area contributed by atoms with Crippen LogP contribution in [0.3, 0.4) is 0 Å². The third kappa shape index (κ3) is 13.6. The van der Waals surface area contributed by atoms with E-state index in [2.05, 4.69) is 129 Å². The molecule has 6 aromatic carbocycles. The van der Waals surface area contributed by atoms with E-state index in [1.165, 1.54) is 0 Å². The first kappa shape index (κ1) is 55.5. The number of pyridine rings is 6. The molecular formula is C70H48BBrN10O4. The quantitative estimate of drug-likeness (QED) is 0.110. The van der Waals surface area contributed by atoms with Crippen LogP contribution in [0.15, 0.2) is 293 Å². The van der Waals surface area contributed by atoms with Gasteiger partial charge in [-0.25, -0.2) is 9.97 Å². The van der Waals surface area contributed by atoms with Crippen molar-refractivity contribution in [2.75, 3.05) is 0 Å². The van der Waals surface area contributed by atoms with Gasteiger partial charge in [-0.1, -0.05) is 137 Å². The second kappa shape index (κ2) is 26.5. The van der Waals surface area contributed by atoms with Gasteiger partial charge in [0.2, 0.25) is 23.6 Å². The predicted octanol–water partition coefficient (Wildman–Crippen LogP) is 15.0. The normalized spacial score (nSPS) is 10.7. The van der Waals surface area contributed by atoms with E-state index in [9.17, 15) is 0 Å². The molecule has 8 heterocycles. The lowest BCUT2D eigenvalue weighted by atomic mass is 9.80. The van der Waals surface area contributed by atoms with Crippen LogP contribution >= 0.6 is 15.9 Å². The second-order valence-corrected chi connectivity index (χ2v) is 20.2. The van der Waals surface area contributed by atoms with Gasteiger partial charge < -0.3 is 18.9 Å². The molecule has 86 heavy (non-hydrogen) atoms. The predicted molar refractivity (Wildman–Crippen MR) is 339 cm³/mol. The van der Waals surface area contributed by atoms with E-state index in [4.69, 9.17) is 28.9 Å². The maximum absolute atomic E-state index is 9.04. The van der Waals surface area contributed by atoms with E-state index >= 15 is 0 Å². The highest BCUT2D eigenvalue weighted by molar-refractivity contribution is 9.10. The Morgan fingerprint density at radius 1 is 0.267 bits per heavy atom. The smallest absolute Gasteiger partial charge is 0.423 e. The molecule has 0 amide bonds. The van der Waals surface area contributed by atoms with E-state index in [1.54, 1.807) is 49.1 Å². The molecular weight excluding hydrogens is 1140 g/mol. The minimum atomic E-state index is -1.48. The van der Waals surface area contributed by atoms with Crippen molar-refractivity contribution >= 4 is 28.5 Å². The third-order valence-corrected chi connectivity index (χ3v) is 14.1. The van der Waals surface area contributed by atoms with E-state index in [1.807, 2.05) is 158 Å². The standard InChI is InChI=1S/C35H23N5O.C21H14BrN3.C14H11BN2O3/c1-2-8-27(9-3-1)34-39-40-35(41-34)28-18-16-25(17-19-28)24-12-14-26(15-13-24)29-22-32(30-10-4-6-20-36-30)38-33(23-29)31-11-5-7-21-37-31;22-17-9-7-15(8-10-17)16-13-20(18-5-1-3-11-23-18)25-21(14-16)19-6-2-4-12-24-19;18-15(19)12-8-6-11(7-9-12)14-17-16-13(20-14)10-4-2-1-3-5-10/h1-23H;1-14H;1-9,18-19H. The number of aromatic nitrogens is 10. The van der Waals surface area contributed by atoms with Gasteiger partial charge in [0, 0.05) is 51.5 Å². The Labute approximate surface area is 503 Å². The van der Waals surface area contributed by atoms with Crippen LogP contribution in [0.5, 0.6) is 0 Å². The van der Waals surface area contributed by atoms with Crippen LogP contribution in [0.1, 0.15) is 0 Å². The fourth-order valence-corrected chi connectivity index (χ4v) is 9.42. The zero-order valence-corrected chi connectivity index (χ0v) is 47.3. The molecule has 0 atom stereocenters. The van der Waals surface area contributed by atoms with Crippen molar-refractivity contribution in [1.29, 1.82) is 0 Å². The Hall–Kier alpha value is -11.0. The maximum Gasteiger partial charge on any atom is 0.488 e. The van der Waals surface area contributed by atoms with Gasteiger partial charge in [0.05, 0.1) is 45.6 Å². The highest BCUT2D eigenvalue weighted by Crippen LogP contribution is 2.34. The van der Waals surface area contributed by atoms with Crippen molar-refractivity contribution < 1.29 is 18.9 Å². The molecule has 8 aromatic heterocycles. The van der Waals surface area contributed by atoms with Crippen molar-refractivity contribution in [1.82, 2.24) is 50.3 Å². The van der Waals surface area contributed by atoms with Crippen molar-refractivity contribution in [3.63, 3.8) is 0 Å². The molecule has 14 rings (SSSR count). The number of hydrogen-bond donors (Lipinski definition) is 2. The zero-order chi connectivity index (χ0) is 58.4. The summed E-state index contributed by atoms with van der Waals surface area (Å²) in [5.41, 5.74) is 16.9. The van der Waals surface area contributed by atoms with Crippen LogP contribution in [-0.2, 0) is 0 Å². The summed E-state index contributed by atoms with van der Waals surface area (Å²) in [6, 6.07) is 82.5. The van der Waals surface area contributed by atoms with Gasteiger partial charge >= 0.3 is 7.12 Å². The average Bonchev–Trinajstić information content (AvgIpc) is 4.44. The van der Waals surface area contributed by atoms with E-state index in [-0.39, 0.29) is 0 Å². The molecule has 0 aliphatic carbocycles. The molecule has 0 spiro atoms. The first-order chi connectivity index (χ1) is 42.3. The lowest BCUT2D eigenvalue weighted by Gasteiger charge is -2.10. The number of benzene rings is 6. The molecule has 0 saturated carbocycles. The van der Waals surface area contributed by atoms with Gasteiger partial charge in [0.1, 0.15) is 0 Å². The molecule has 0 unspecified atom stereocenters. The highest BCUT2D eigenvalue weighted by atomic mass is 79.9. The van der Waals surface area contributed by atoms with Crippen LogP contribution in [0.2, 0.25) is 0 Å². The van der Waals surface area contributed by atoms with Crippen LogP contribution in [0.4, 0.5) is 0 Å². The van der Waals surface area contributed by atoms with E-state index in [0.29, 0.717) is 29.0 Å². The molecule has 0 bridgehead atoms. The van der Waals surface area contributed by atoms with Gasteiger partial charge in [-0.15, -0.1) is 20.4 Å². The highest BCUT2D eigenvalue weighted by Gasteiger charge is 2.16. The molecule has 0 aliphatic rings. The first-order valence-electron chi connectivity index (χ1n) is 27.2. The minimum absolute atomic E-state index is 0.392. The summed E-state index contributed by atoms with van der Waals surface area (Å²) >= 11 is 3.49. The lowest BCUT2D eigenvalue weighted by molar-refractivity contribution is 0.426. The number of hydrogen-bond acceptors (Lipinski definition) is 14. The second-order valence-electron chi connectivity index (χ2n) is 19.3. The van der Waals surface area contributed by atoms with Gasteiger partial charge in [0.25, 0.3) is 0 Å². The monoisotopic (exact) mass is 1180 g/mol. The summed E-state index contributed by atoms with van der Waals surface area (Å²) in [7, 11) is -1.48. The maximum atomic E-state index is 9.04. The molecule has 14 aromatic rings. The molecule has 14 nitrogen and oxygen atoms in total. The number of rotatable bonds is 12. The minimum Gasteiger partial charge on any atom is -0.423 e. The molecule has 0 aliphatic heterocycles. The van der Waals surface area contributed by atoms with Gasteiger partial charge in [-0.2, -0.15) is 0 Å². The topological polar surface area (TPSA) is 196 Å². The third-order valence-electron chi connectivity index (χ3n) is 13.6. The fourth-order valence-electron chi connectivity index (χ4n) is 9.15. The first-order valence-corrected chi connectivity index (χ1v) is 28.0. The summed E-state index contributed by atoms with van der Waals surface area (Å²) in [6.45, 7) is 0. The van der Waals surface area contributed by atoms with Crippen LogP contribution < -0.4 is 5.46 Å². The fraction of sp³-hybridized carbons (Fsp3) is 0. The van der Waals surface area contributed by atoms with Crippen molar-refractivity contribution in [2.45, 2.75) is 0 Å². The summed E-state index contributed by atoms with van der Waals surface area (Å²) in [5, 5.41) is 34.5. The number of halogens is 1. The molecule has 412 valence electrons. The Morgan fingerprint density at radius 2 is 0.535 bits per heavy atom. The molecule has 16 heteroatoms. The van der Waals surface area contributed by atoms with E-state index < -0.39 is 7.12 Å². The van der Waals surface area contributed by atoms with Gasteiger partial charge in [-0.3, -0.25) is 19.9 Å². The van der Waals surface area contributed by atoms with Crippen molar-refractivity contribution in [3.8, 4) is 125 Å². The summed E-state index contributed by atoms with van der Waals surface area (Å²) < 4.78 is 12.6. The number of nitrogens with zero attached hydrogens (tertiary/aromatic N) is 10. The Bertz CT molecular complexity index is 4350. The van der Waals surface area contributed by atoms with Gasteiger partial charge in [0.15, 0.2) is 0 Å². The Balaban J connectivity index is 0.000000137.